The third-order valence-electron chi connectivity index (χ3n) is 3.79. The number of carbonyl (C=O) groups is 2. The van der Waals surface area contributed by atoms with Gasteiger partial charge in [0.15, 0.2) is 0 Å². The van der Waals surface area contributed by atoms with Crippen molar-refractivity contribution in [2.45, 2.75) is 39.2 Å². The van der Waals surface area contributed by atoms with Crippen molar-refractivity contribution >= 4 is 19.2 Å². The zero-order valence-electron chi connectivity index (χ0n) is 14.1. The molecule has 0 spiro atoms. The third-order valence-corrected chi connectivity index (χ3v) is 5.82. The number of benzene rings is 1. The summed E-state index contributed by atoms with van der Waals surface area (Å²) in [5.74, 6) is -2.37. The molecule has 0 saturated heterocycles. The highest BCUT2D eigenvalue weighted by atomic mass is 31.2. The largest absolute Gasteiger partial charge is 0.480 e. The van der Waals surface area contributed by atoms with Gasteiger partial charge in [0.1, 0.15) is 6.04 Å². The van der Waals surface area contributed by atoms with Gasteiger partial charge in [-0.2, -0.15) is 0 Å². The smallest absolute Gasteiger partial charge is 0.325 e. The molecule has 0 fully saturated rings. The summed E-state index contributed by atoms with van der Waals surface area (Å²) in [6.45, 7) is 3.30. The summed E-state index contributed by atoms with van der Waals surface area (Å²) in [4.78, 5) is 33.5. The molecule has 6 nitrogen and oxygen atoms in total. The molecule has 0 radical (unpaired) electrons. The number of carboxylic acid groups (broad SMARTS) is 1. The van der Waals surface area contributed by atoms with Gasteiger partial charge in [0.25, 0.3) is 0 Å². The summed E-state index contributed by atoms with van der Waals surface area (Å²) in [6.07, 6.45) is 1.77. The number of rotatable bonds is 10. The van der Waals surface area contributed by atoms with E-state index in [4.69, 9.17) is 5.11 Å². The molecule has 3 unspecified atom stereocenters. The first kappa shape index (κ1) is 20.4. The summed E-state index contributed by atoms with van der Waals surface area (Å²) in [7, 11) is -3.43. The Hall–Kier alpha value is -1.65. The molecule has 1 aromatic carbocycles. The van der Waals surface area contributed by atoms with E-state index in [-0.39, 0.29) is 12.3 Å². The van der Waals surface area contributed by atoms with Crippen molar-refractivity contribution in [1.82, 2.24) is 5.32 Å². The fourth-order valence-corrected chi connectivity index (χ4v) is 4.35. The van der Waals surface area contributed by atoms with E-state index in [0.29, 0.717) is 12.8 Å². The molecular formula is C17H26NO5P. The molecule has 3 N–H and O–H groups in total. The molecule has 0 aliphatic carbocycles. The Labute approximate surface area is 142 Å². The van der Waals surface area contributed by atoms with E-state index >= 15 is 0 Å². The van der Waals surface area contributed by atoms with E-state index in [1.165, 1.54) is 6.92 Å². The number of carbonyl (C=O) groups excluding carboxylic acids is 1. The molecule has 0 heterocycles. The first-order valence-electron chi connectivity index (χ1n) is 8.13. The van der Waals surface area contributed by atoms with Crippen LogP contribution in [-0.2, 0) is 20.6 Å². The van der Waals surface area contributed by atoms with Crippen LogP contribution < -0.4 is 5.32 Å². The van der Waals surface area contributed by atoms with E-state index in [1.54, 1.807) is 0 Å². The fourth-order valence-electron chi connectivity index (χ4n) is 2.37. The van der Waals surface area contributed by atoms with Gasteiger partial charge in [-0.1, -0.05) is 43.7 Å². The Balaban J connectivity index is 2.88. The van der Waals surface area contributed by atoms with Gasteiger partial charge in [-0.05, 0) is 25.3 Å². The summed E-state index contributed by atoms with van der Waals surface area (Å²) >= 11 is 0. The Morgan fingerprint density at radius 2 is 1.88 bits per heavy atom. The van der Waals surface area contributed by atoms with Crippen LogP contribution in [0.4, 0.5) is 0 Å². The molecule has 1 amide bonds. The lowest BCUT2D eigenvalue weighted by Crippen LogP contribution is -2.43. The van der Waals surface area contributed by atoms with Gasteiger partial charge in [-0.25, -0.2) is 0 Å². The van der Waals surface area contributed by atoms with Gasteiger partial charge < -0.3 is 15.3 Å². The van der Waals surface area contributed by atoms with Crippen LogP contribution in [0.3, 0.4) is 0 Å². The van der Waals surface area contributed by atoms with Gasteiger partial charge in [0, 0.05) is 12.3 Å². The van der Waals surface area contributed by atoms with E-state index in [2.05, 4.69) is 5.32 Å². The van der Waals surface area contributed by atoms with Crippen LogP contribution in [0.1, 0.15) is 32.3 Å². The topological polar surface area (TPSA) is 104 Å². The van der Waals surface area contributed by atoms with E-state index in [0.717, 1.165) is 12.0 Å². The quantitative estimate of drug-likeness (QED) is 0.560. The van der Waals surface area contributed by atoms with Crippen LogP contribution in [0.25, 0.3) is 0 Å². The second-order valence-corrected chi connectivity index (χ2v) is 8.57. The van der Waals surface area contributed by atoms with Crippen LogP contribution in [-0.4, -0.2) is 40.2 Å². The van der Waals surface area contributed by atoms with Crippen LogP contribution in [0.2, 0.25) is 0 Å². The zero-order chi connectivity index (χ0) is 18.2. The van der Waals surface area contributed by atoms with E-state index in [1.807, 2.05) is 37.3 Å². The number of aliphatic carboxylic acids is 1. The van der Waals surface area contributed by atoms with Gasteiger partial charge in [-0.3, -0.25) is 14.2 Å². The Morgan fingerprint density at radius 1 is 1.25 bits per heavy atom. The molecule has 134 valence electrons. The number of amides is 1. The van der Waals surface area contributed by atoms with Crippen molar-refractivity contribution in [2.75, 3.05) is 12.3 Å². The number of hydrogen-bond donors (Lipinski definition) is 3. The summed E-state index contributed by atoms with van der Waals surface area (Å²) in [6, 6.07) is 8.16. The minimum atomic E-state index is -3.43. The predicted molar refractivity (Wildman–Crippen MR) is 93.3 cm³/mol. The Morgan fingerprint density at radius 3 is 2.42 bits per heavy atom. The van der Waals surface area contributed by atoms with Gasteiger partial charge in [0.2, 0.25) is 13.3 Å². The average molecular weight is 355 g/mol. The highest BCUT2D eigenvalue weighted by molar-refractivity contribution is 7.58. The van der Waals surface area contributed by atoms with Crippen LogP contribution in [0, 0.1) is 5.92 Å². The average Bonchev–Trinajstić information content (AvgIpc) is 2.53. The monoisotopic (exact) mass is 355 g/mol. The Kier molecular flexibility index (Phi) is 8.16. The van der Waals surface area contributed by atoms with Crippen molar-refractivity contribution in [3.8, 4) is 0 Å². The second-order valence-electron chi connectivity index (χ2n) is 6.06. The Bertz CT molecular complexity index is 590. The molecule has 24 heavy (non-hydrogen) atoms. The maximum absolute atomic E-state index is 12.4. The molecule has 7 heteroatoms. The third kappa shape index (κ3) is 7.28. The lowest BCUT2D eigenvalue weighted by molar-refractivity contribution is -0.141. The summed E-state index contributed by atoms with van der Waals surface area (Å²) < 4.78 is 12.4. The standard InChI is InChI=1S/C17H26NO5P/c1-3-4-10-24(22,23)12-15(11-14-8-6-5-7-9-14)16(19)18-13(2)17(20)21/h5-9,13,15H,3-4,10-12H2,1-2H3,(H,18,19)(H,20,21)(H,22,23). The van der Waals surface area contributed by atoms with Gasteiger partial charge in [0.05, 0.1) is 5.92 Å². The maximum Gasteiger partial charge on any atom is 0.325 e. The predicted octanol–water partition coefficient (Wildman–Crippen LogP) is 2.51. The van der Waals surface area contributed by atoms with E-state index < -0.39 is 31.2 Å². The normalized spacial score (nSPS) is 16.0. The van der Waals surface area contributed by atoms with Gasteiger partial charge in [-0.15, -0.1) is 0 Å². The molecule has 1 rings (SSSR count). The molecule has 3 atom stereocenters. The number of unbranched alkanes of at least 4 members (excludes halogenated alkanes) is 1. The molecule has 0 saturated carbocycles. The first-order valence-corrected chi connectivity index (χ1v) is 10.2. The second kappa shape index (κ2) is 9.60. The molecule has 0 aliphatic heterocycles. The van der Waals surface area contributed by atoms with Crippen LogP contribution >= 0.6 is 7.37 Å². The first-order chi connectivity index (χ1) is 11.2. The van der Waals surface area contributed by atoms with Gasteiger partial charge >= 0.3 is 5.97 Å². The number of hydrogen-bond acceptors (Lipinski definition) is 3. The lowest BCUT2D eigenvalue weighted by Gasteiger charge is -2.21. The fraction of sp³-hybridized carbons (Fsp3) is 0.529. The molecule has 0 bridgehead atoms. The van der Waals surface area contributed by atoms with Crippen LogP contribution in [0.15, 0.2) is 30.3 Å². The number of nitrogens with one attached hydrogen (secondary N) is 1. The molecule has 1 aromatic rings. The van der Waals surface area contributed by atoms with E-state index in [9.17, 15) is 19.0 Å². The SMILES string of the molecule is CCCCP(=O)(O)CC(Cc1ccccc1)C(=O)NC(C)C(=O)O. The zero-order valence-corrected chi connectivity index (χ0v) is 15.0. The molecule has 0 aliphatic rings. The summed E-state index contributed by atoms with van der Waals surface area (Å²) in [5.41, 5.74) is 0.871. The highest BCUT2D eigenvalue weighted by Gasteiger charge is 2.30. The maximum atomic E-state index is 12.4. The van der Waals surface area contributed by atoms with Crippen molar-refractivity contribution < 1.29 is 24.2 Å². The minimum absolute atomic E-state index is 0.139. The van der Waals surface area contributed by atoms with Crippen molar-refractivity contribution in [1.29, 1.82) is 0 Å². The highest BCUT2D eigenvalue weighted by Crippen LogP contribution is 2.44. The molecular weight excluding hydrogens is 329 g/mol. The van der Waals surface area contributed by atoms with Crippen LogP contribution in [0.5, 0.6) is 0 Å². The number of carboxylic acids is 1. The summed E-state index contributed by atoms with van der Waals surface area (Å²) in [5, 5.41) is 11.3. The minimum Gasteiger partial charge on any atom is -0.480 e. The van der Waals surface area contributed by atoms with Crippen molar-refractivity contribution in [3.05, 3.63) is 35.9 Å². The van der Waals surface area contributed by atoms with Crippen molar-refractivity contribution in [3.63, 3.8) is 0 Å². The molecule has 0 aromatic heterocycles. The lowest BCUT2D eigenvalue weighted by atomic mass is 10.00. The van der Waals surface area contributed by atoms with Crippen molar-refractivity contribution in [2.24, 2.45) is 5.92 Å².